The van der Waals surface area contributed by atoms with Crippen LogP contribution in [0.5, 0.6) is 17.4 Å². The highest BCUT2D eigenvalue weighted by atomic mass is 19.4. The smallest absolute Gasteiger partial charge is 0.503 e. The Kier molecular flexibility index (Phi) is 2.68. The zero-order valence-electron chi connectivity index (χ0n) is 7.00. The first kappa shape index (κ1) is 10.4. The summed E-state index contributed by atoms with van der Waals surface area (Å²) >= 11 is 0. The van der Waals surface area contributed by atoms with Gasteiger partial charge in [-0.05, 0) is 0 Å². The van der Waals surface area contributed by atoms with E-state index in [1.165, 1.54) is 7.11 Å². The maximum atomic E-state index is 11.7. The number of pyridine rings is 1. The van der Waals surface area contributed by atoms with Crippen molar-refractivity contribution in [3.8, 4) is 17.4 Å². The van der Waals surface area contributed by atoms with Gasteiger partial charge in [0.2, 0.25) is 5.88 Å². The van der Waals surface area contributed by atoms with Gasteiger partial charge < -0.3 is 14.6 Å². The number of halogens is 3. The molecule has 7 heteroatoms. The number of methoxy groups -OCH3 is 1. The van der Waals surface area contributed by atoms with Crippen molar-refractivity contribution in [2.24, 2.45) is 0 Å². The summed E-state index contributed by atoms with van der Waals surface area (Å²) in [7, 11) is 1.20. The molecule has 0 unspecified atom stereocenters. The third-order valence-electron chi connectivity index (χ3n) is 1.26. The van der Waals surface area contributed by atoms with Gasteiger partial charge >= 0.3 is 6.36 Å². The minimum Gasteiger partial charge on any atom is -0.503 e. The van der Waals surface area contributed by atoms with Gasteiger partial charge in [0, 0.05) is 6.07 Å². The lowest BCUT2D eigenvalue weighted by Gasteiger charge is -2.09. The summed E-state index contributed by atoms with van der Waals surface area (Å²) < 4.78 is 43.2. The number of aromatic hydroxyl groups is 1. The molecule has 78 valence electrons. The molecule has 0 atom stereocenters. The molecule has 1 aromatic heterocycles. The molecular weight excluding hydrogens is 203 g/mol. The van der Waals surface area contributed by atoms with E-state index in [9.17, 15) is 13.2 Å². The van der Waals surface area contributed by atoms with Gasteiger partial charge in [-0.1, -0.05) is 0 Å². The number of hydrogen-bond donors (Lipinski definition) is 1. The molecule has 0 aliphatic carbocycles. The molecule has 1 N–H and O–H groups in total. The van der Waals surface area contributed by atoms with Crippen molar-refractivity contribution < 1.29 is 27.8 Å². The van der Waals surface area contributed by atoms with Crippen molar-refractivity contribution in [3.63, 3.8) is 0 Å². The number of ether oxygens (including phenoxy) is 2. The number of nitrogens with zero attached hydrogens (tertiary/aromatic N) is 1. The fourth-order valence-electron chi connectivity index (χ4n) is 0.750. The Balaban J connectivity index is 2.90. The molecule has 0 amide bonds. The van der Waals surface area contributed by atoms with E-state index >= 15 is 0 Å². The Labute approximate surface area is 76.9 Å². The minimum absolute atomic E-state index is 0.140. The Morgan fingerprint density at radius 3 is 2.57 bits per heavy atom. The number of rotatable bonds is 2. The monoisotopic (exact) mass is 209 g/mol. The van der Waals surface area contributed by atoms with E-state index in [1.807, 2.05) is 0 Å². The summed E-state index contributed by atoms with van der Waals surface area (Å²) in [5.74, 6) is -1.19. The molecule has 0 bridgehead atoms. The van der Waals surface area contributed by atoms with Gasteiger partial charge in [-0.2, -0.15) is 0 Å². The molecule has 0 aliphatic heterocycles. The molecule has 0 fully saturated rings. The first-order chi connectivity index (χ1) is 6.42. The molecule has 0 aromatic carbocycles. The van der Waals surface area contributed by atoms with E-state index in [1.54, 1.807) is 0 Å². The van der Waals surface area contributed by atoms with E-state index in [4.69, 9.17) is 5.11 Å². The van der Waals surface area contributed by atoms with Gasteiger partial charge in [0.1, 0.15) is 0 Å². The van der Waals surface area contributed by atoms with Crippen LogP contribution in [-0.4, -0.2) is 23.6 Å². The van der Waals surface area contributed by atoms with E-state index in [0.717, 1.165) is 12.3 Å². The first-order valence-electron chi connectivity index (χ1n) is 3.41. The molecule has 14 heavy (non-hydrogen) atoms. The second-order valence-corrected chi connectivity index (χ2v) is 2.24. The SMILES string of the molecule is COc1cc(OC(F)(F)F)ncc1O. The van der Waals surface area contributed by atoms with Crippen LogP contribution in [0.1, 0.15) is 0 Å². The van der Waals surface area contributed by atoms with Gasteiger partial charge in [0.05, 0.1) is 13.3 Å². The summed E-state index contributed by atoms with van der Waals surface area (Å²) in [4.78, 5) is 3.20. The number of hydrogen-bond acceptors (Lipinski definition) is 4. The van der Waals surface area contributed by atoms with Crippen LogP contribution in [0.25, 0.3) is 0 Å². The minimum atomic E-state index is -4.81. The highest BCUT2D eigenvalue weighted by molar-refractivity contribution is 5.39. The quantitative estimate of drug-likeness (QED) is 0.805. The van der Waals surface area contributed by atoms with Gasteiger partial charge in [0.15, 0.2) is 11.5 Å². The molecule has 0 saturated carbocycles. The average molecular weight is 209 g/mol. The topological polar surface area (TPSA) is 51.6 Å². The molecule has 0 radical (unpaired) electrons. The van der Waals surface area contributed by atoms with Crippen LogP contribution >= 0.6 is 0 Å². The van der Waals surface area contributed by atoms with E-state index in [-0.39, 0.29) is 11.5 Å². The number of aromatic nitrogens is 1. The van der Waals surface area contributed by atoms with Gasteiger partial charge in [0.25, 0.3) is 0 Å². The summed E-state index contributed by atoms with van der Waals surface area (Å²) in [6, 6.07) is 0.836. The highest BCUT2D eigenvalue weighted by Crippen LogP contribution is 2.30. The number of alkyl halides is 3. The van der Waals surface area contributed by atoms with E-state index in [2.05, 4.69) is 14.5 Å². The Morgan fingerprint density at radius 1 is 1.43 bits per heavy atom. The lowest BCUT2D eigenvalue weighted by molar-refractivity contribution is -0.276. The van der Waals surface area contributed by atoms with Gasteiger partial charge in [-0.3, -0.25) is 0 Å². The van der Waals surface area contributed by atoms with Crippen LogP contribution in [0.4, 0.5) is 13.2 Å². The first-order valence-corrected chi connectivity index (χ1v) is 3.41. The zero-order chi connectivity index (χ0) is 10.8. The maximum Gasteiger partial charge on any atom is 0.574 e. The predicted octanol–water partition coefficient (Wildman–Crippen LogP) is 1.69. The van der Waals surface area contributed by atoms with Gasteiger partial charge in [-0.15, -0.1) is 13.2 Å². The van der Waals surface area contributed by atoms with Crippen molar-refractivity contribution in [2.75, 3.05) is 7.11 Å². The third kappa shape index (κ3) is 2.68. The van der Waals surface area contributed by atoms with Crippen molar-refractivity contribution in [3.05, 3.63) is 12.3 Å². The summed E-state index contributed by atoms with van der Waals surface area (Å²) in [6.45, 7) is 0. The molecule has 4 nitrogen and oxygen atoms in total. The summed E-state index contributed by atoms with van der Waals surface area (Å²) in [5, 5.41) is 9.01. The Hall–Kier alpha value is -1.66. The fraction of sp³-hybridized carbons (Fsp3) is 0.286. The maximum absolute atomic E-state index is 11.7. The summed E-state index contributed by atoms with van der Waals surface area (Å²) in [5.41, 5.74) is 0. The molecule has 0 saturated heterocycles. The predicted molar refractivity (Wildman–Crippen MR) is 39.1 cm³/mol. The molecule has 1 aromatic rings. The molecule has 1 heterocycles. The van der Waals surface area contributed by atoms with Crippen LogP contribution in [0.15, 0.2) is 12.3 Å². The van der Waals surface area contributed by atoms with Crippen molar-refractivity contribution in [2.45, 2.75) is 6.36 Å². The Bertz CT molecular complexity index is 326. The lowest BCUT2D eigenvalue weighted by Crippen LogP contribution is -2.17. The van der Waals surface area contributed by atoms with Crippen molar-refractivity contribution >= 4 is 0 Å². The summed E-state index contributed by atoms with van der Waals surface area (Å²) in [6.07, 6.45) is -4.01. The second-order valence-electron chi connectivity index (χ2n) is 2.24. The van der Waals surface area contributed by atoms with E-state index < -0.39 is 12.2 Å². The molecule has 0 aliphatic rings. The van der Waals surface area contributed by atoms with Crippen LogP contribution in [0.3, 0.4) is 0 Å². The van der Waals surface area contributed by atoms with Crippen molar-refractivity contribution in [1.29, 1.82) is 0 Å². The molecule has 0 spiro atoms. The van der Waals surface area contributed by atoms with Crippen LogP contribution in [0.2, 0.25) is 0 Å². The third-order valence-corrected chi connectivity index (χ3v) is 1.26. The van der Waals surface area contributed by atoms with Gasteiger partial charge in [-0.25, -0.2) is 4.98 Å². The van der Waals surface area contributed by atoms with Crippen LogP contribution < -0.4 is 9.47 Å². The zero-order valence-corrected chi connectivity index (χ0v) is 7.00. The Morgan fingerprint density at radius 2 is 2.07 bits per heavy atom. The van der Waals surface area contributed by atoms with Crippen LogP contribution in [-0.2, 0) is 0 Å². The highest BCUT2D eigenvalue weighted by Gasteiger charge is 2.32. The molecular formula is C7H6F3NO3. The van der Waals surface area contributed by atoms with E-state index in [0.29, 0.717) is 0 Å². The normalized spacial score (nSPS) is 11.1. The lowest BCUT2D eigenvalue weighted by atomic mass is 10.4. The molecule has 1 rings (SSSR count). The standard InChI is InChI=1S/C7H6F3NO3/c1-13-5-2-6(11-3-4(5)12)14-7(8,9)10/h2-3,12H,1H3. The van der Waals surface area contributed by atoms with Crippen LogP contribution in [0, 0.1) is 0 Å². The van der Waals surface area contributed by atoms with Crippen molar-refractivity contribution in [1.82, 2.24) is 4.98 Å². The second kappa shape index (κ2) is 3.60. The largest absolute Gasteiger partial charge is 0.574 e. The fourth-order valence-corrected chi connectivity index (χ4v) is 0.750. The average Bonchev–Trinajstić information content (AvgIpc) is 2.06.